The third kappa shape index (κ3) is 3.99. The lowest BCUT2D eigenvalue weighted by Crippen LogP contribution is -2.35. The van der Waals surface area contributed by atoms with Crippen LogP contribution < -0.4 is 4.57 Å². The zero-order valence-corrected chi connectivity index (χ0v) is 11.2. The predicted octanol–water partition coefficient (Wildman–Crippen LogP) is 3.46. The van der Waals surface area contributed by atoms with Crippen molar-refractivity contribution >= 4 is 0 Å². The molecule has 0 saturated carbocycles. The van der Waals surface area contributed by atoms with Gasteiger partial charge in [-0.1, -0.05) is 33.1 Å². The smallest absolute Gasteiger partial charge is 0.234 e. The zero-order valence-electron chi connectivity index (χ0n) is 11.2. The maximum atomic E-state index is 2.39. The topological polar surface area (TPSA) is 8.81 Å². The van der Waals surface area contributed by atoms with E-state index in [2.05, 4.69) is 42.3 Å². The molecular formula is C14H27N2+. The van der Waals surface area contributed by atoms with E-state index in [0.717, 1.165) is 0 Å². The molecule has 0 spiro atoms. The van der Waals surface area contributed by atoms with E-state index < -0.39 is 0 Å². The van der Waals surface area contributed by atoms with Crippen molar-refractivity contribution in [1.82, 2.24) is 4.57 Å². The first-order valence-corrected chi connectivity index (χ1v) is 6.84. The van der Waals surface area contributed by atoms with Crippen molar-refractivity contribution in [3.8, 4) is 0 Å². The van der Waals surface area contributed by atoms with Crippen LogP contribution in [-0.2, 0) is 13.1 Å². The minimum absolute atomic E-state index is 1.17. The summed E-state index contributed by atoms with van der Waals surface area (Å²) in [7, 11) is 0. The maximum absolute atomic E-state index is 2.39. The Hall–Kier alpha value is -0.790. The van der Waals surface area contributed by atoms with Crippen molar-refractivity contribution in [2.45, 2.75) is 72.4 Å². The van der Waals surface area contributed by atoms with Crippen molar-refractivity contribution in [2.24, 2.45) is 0 Å². The number of aryl methyl sites for hydroxylation is 2. The molecule has 0 atom stereocenters. The van der Waals surface area contributed by atoms with Gasteiger partial charge in [-0.05, 0) is 19.3 Å². The first-order valence-electron chi connectivity index (χ1n) is 6.84. The van der Waals surface area contributed by atoms with Crippen molar-refractivity contribution < 1.29 is 4.57 Å². The second-order valence-electron chi connectivity index (χ2n) is 4.65. The minimum Gasteiger partial charge on any atom is -0.234 e. The Bertz CT molecular complexity index is 289. The molecule has 1 aromatic heterocycles. The number of aromatic nitrogens is 2. The van der Waals surface area contributed by atoms with E-state index in [1.54, 1.807) is 0 Å². The fourth-order valence-corrected chi connectivity index (χ4v) is 2.05. The first kappa shape index (κ1) is 13.3. The molecule has 0 bridgehead atoms. The Morgan fingerprint density at radius 2 is 1.81 bits per heavy atom. The second-order valence-corrected chi connectivity index (χ2v) is 4.65. The predicted molar refractivity (Wildman–Crippen MR) is 68.4 cm³/mol. The quantitative estimate of drug-likeness (QED) is 0.471. The molecule has 2 nitrogen and oxygen atoms in total. The van der Waals surface area contributed by atoms with Gasteiger partial charge >= 0.3 is 0 Å². The van der Waals surface area contributed by atoms with Crippen molar-refractivity contribution in [3.05, 3.63) is 18.2 Å². The summed E-state index contributed by atoms with van der Waals surface area (Å²) < 4.78 is 4.77. The van der Waals surface area contributed by atoms with Crippen LogP contribution in [0.5, 0.6) is 0 Å². The van der Waals surface area contributed by atoms with Crippen LogP contribution in [0.4, 0.5) is 0 Å². The lowest BCUT2D eigenvalue weighted by atomic mass is 10.2. The van der Waals surface area contributed by atoms with Crippen LogP contribution in [-0.4, -0.2) is 4.57 Å². The molecule has 1 heterocycles. The molecule has 2 heteroatoms. The molecule has 1 rings (SSSR count). The molecule has 0 amide bonds. The van der Waals surface area contributed by atoms with Gasteiger partial charge in [-0.15, -0.1) is 0 Å². The number of hydrogen-bond acceptors (Lipinski definition) is 0. The fraction of sp³-hybridized carbons (Fsp3) is 0.786. The summed E-state index contributed by atoms with van der Waals surface area (Å²) in [5.41, 5.74) is 0. The molecule has 0 saturated heterocycles. The summed E-state index contributed by atoms with van der Waals surface area (Å²) >= 11 is 0. The van der Waals surface area contributed by atoms with Crippen LogP contribution in [0.25, 0.3) is 0 Å². The molecule has 0 aliphatic heterocycles. The standard InChI is InChI=1S/C14H27N2/c1-4-6-8-9-11-16-13-12-15(14(16)3)10-7-5-2/h12-13H,4-11H2,1-3H3/q+1. The highest BCUT2D eigenvalue weighted by Gasteiger charge is 2.10. The minimum atomic E-state index is 1.17. The maximum Gasteiger partial charge on any atom is 0.253 e. The van der Waals surface area contributed by atoms with Gasteiger partial charge in [0.25, 0.3) is 5.82 Å². The van der Waals surface area contributed by atoms with E-state index in [1.165, 1.54) is 57.4 Å². The van der Waals surface area contributed by atoms with Gasteiger partial charge in [0.1, 0.15) is 12.4 Å². The molecule has 0 aliphatic rings. The summed E-state index contributed by atoms with van der Waals surface area (Å²) in [4.78, 5) is 0. The summed E-state index contributed by atoms with van der Waals surface area (Å²) in [6, 6.07) is 0. The second kappa shape index (κ2) is 7.48. The summed E-state index contributed by atoms with van der Waals surface area (Å²) in [5.74, 6) is 1.41. The molecule has 1 aromatic rings. The van der Waals surface area contributed by atoms with Gasteiger partial charge in [-0.3, -0.25) is 0 Å². The molecule has 92 valence electrons. The van der Waals surface area contributed by atoms with Gasteiger partial charge in [0.2, 0.25) is 0 Å². The average Bonchev–Trinajstić information content (AvgIpc) is 2.64. The number of imidazole rings is 1. The Labute approximate surface area is 100 Å². The summed E-state index contributed by atoms with van der Waals surface area (Å²) in [5, 5.41) is 0. The monoisotopic (exact) mass is 223 g/mol. The third-order valence-corrected chi connectivity index (χ3v) is 3.26. The SMILES string of the molecule is CCCCCCn1cc[n+](CCCC)c1C. The van der Waals surface area contributed by atoms with Gasteiger partial charge < -0.3 is 0 Å². The number of unbranched alkanes of at least 4 members (excludes halogenated alkanes) is 4. The largest absolute Gasteiger partial charge is 0.253 e. The Balaban J connectivity index is 2.38. The molecular weight excluding hydrogens is 196 g/mol. The Kier molecular flexibility index (Phi) is 6.20. The van der Waals surface area contributed by atoms with E-state index in [0.29, 0.717) is 0 Å². The molecule has 0 aliphatic carbocycles. The summed E-state index contributed by atoms with van der Waals surface area (Å²) in [6.45, 7) is 9.10. The van der Waals surface area contributed by atoms with E-state index in [4.69, 9.17) is 0 Å². The average molecular weight is 223 g/mol. The van der Waals surface area contributed by atoms with Crippen molar-refractivity contribution in [2.75, 3.05) is 0 Å². The lowest BCUT2D eigenvalue weighted by Gasteiger charge is -2.01. The van der Waals surface area contributed by atoms with Crippen LogP contribution >= 0.6 is 0 Å². The zero-order chi connectivity index (χ0) is 11.8. The molecule has 0 unspecified atom stereocenters. The highest BCUT2D eigenvalue weighted by Crippen LogP contribution is 2.03. The van der Waals surface area contributed by atoms with Gasteiger partial charge in [0, 0.05) is 6.92 Å². The number of rotatable bonds is 8. The van der Waals surface area contributed by atoms with Gasteiger partial charge in [0.15, 0.2) is 0 Å². The molecule has 16 heavy (non-hydrogen) atoms. The highest BCUT2D eigenvalue weighted by molar-refractivity contribution is 4.79. The van der Waals surface area contributed by atoms with Crippen LogP contribution in [0.15, 0.2) is 12.4 Å². The summed E-state index contributed by atoms with van der Waals surface area (Å²) in [6.07, 6.45) is 12.4. The van der Waals surface area contributed by atoms with E-state index in [1.807, 2.05) is 0 Å². The van der Waals surface area contributed by atoms with E-state index >= 15 is 0 Å². The van der Waals surface area contributed by atoms with Crippen LogP contribution in [0.3, 0.4) is 0 Å². The number of hydrogen-bond donors (Lipinski definition) is 0. The van der Waals surface area contributed by atoms with Crippen LogP contribution in [0.1, 0.15) is 58.2 Å². The van der Waals surface area contributed by atoms with Gasteiger partial charge in [-0.25, -0.2) is 9.13 Å². The normalized spacial score (nSPS) is 10.9. The van der Waals surface area contributed by atoms with E-state index in [9.17, 15) is 0 Å². The lowest BCUT2D eigenvalue weighted by molar-refractivity contribution is -0.702. The molecule has 0 fully saturated rings. The Morgan fingerprint density at radius 3 is 2.50 bits per heavy atom. The van der Waals surface area contributed by atoms with Crippen molar-refractivity contribution in [3.63, 3.8) is 0 Å². The Morgan fingerprint density at radius 1 is 1.06 bits per heavy atom. The molecule has 0 aromatic carbocycles. The van der Waals surface area contributed by atoms with Crippen LogP contribution in [0.2, 0.25) is 0 Å². The van der Waals surface area contributed by atoms with E-state index in [-0.39, 0.29) is 0 Å². The van der Waals surface area contributed by atoms with Crippen LogP contribution in [0, 0.1) is 6.92 Å². The third-order valence-electron chi connectivity index (χ3n) is 3.26. The number of nitrogens with zero attached hydrogens (tertiary/aromatic N) is 2. The van der Waals surface area contributed by atoms with Gasteiger partial charge in [-0.2, -0.15) is 0 Å². The van der Waals surface area contributed by atoms with Gasteiger partial charge in [0.05, 0.1) is 13.1 Å². The van der Waals surface area contributed by atoms with Crippen molar-refractivity contribution in [1.29, 1.82) is 0 Å². The highest BCUT2D eigenvalue weighted by atomic mass is 15.1. The molecule has 0 N–H and O–H groups in total. The first-order chi connectivity index (χ1) is 7.79. The molecule has 0 radical (unpaired) electrons. The fourth-order valence-electron chi connectivity index (χ4n) is 2.05.